The second-order valence-corrected chi connectivity index (χ2v) is 10.6. The Hall–Kier alpha value is -4.77. The molecule has 2 unspecified atom stereocenters. The number of alkyl halides is 3. The van der Waals surface area contributed by atoms with Gasteiger partial charge in [-0.05, 0) is 37.3 Å². The molecule has 1 aliphatic rings. The fraction of sp³-hybridized carbons (Fsp3) is 0.429. The summed E-state index contributed by atoms with van der Waals surface area (Å²) in [5, 5.41) is 8.68. The summed E-state index contributed by atoms with van der Waals surface area (Å²) in [5.74, 6) is -15.9. The van der Waals surface area contributed by atoms with Crippen LogP contribution in [0.5, 0.6) is 5.75 Å². The lowest BCUT2D eigenvalue weighted by atomic mass is 9.95. The van der Waals surface area contributed by atoms with Gasteiger partial charge in [0.15, 0.2) is 28.9 Å². The number of halogens is 7. The van der Waals surface area contributed by atoms with Crippen molar-refractivity contribution in [2.24, 2.45) is 11.8 Å². The van der Waals surface area contributed by atoms with Crippen molar-refractivity contribution in [2.75, 3.05) is 18.5 Å². The number of Topliss-reactive ketones (excluding diaryl/α,β-unsaturated/α-hetero) is 1. The average Bonchev–Trinajstić information content (AvgIpc) is 3.38. The number of nitrogens with zero attached hydrogens (tertiary/aromatic N) is 1. The van der Waals surface area contributed by atoms with Crippen molar-refractivity contribution in [2.45, 2.75) is 51.4 Å². The summed E-state index contributed by atoms with van der Waals surface area (Å²) in [7, 11) is 0. The molecule has 1 saturated heterocycles. The first-order valence-electron chi connectivity index (χ1n) is 13.7. The predicted molar refractivity (Wildman–Crippen MR) is 144 cm³/mol. The van der Waals surface area contributed by atoms with E-state index in [0.29, 0.717) is 0 Å². The summed E-state index contributed by atoms with van der Waals surface area (Å²) in [6, 6.07) is -1.29. The molecule has 1 fully saturated rings. The molecule has 1 aromatic heterocycles. The molecule has 0 radical (unpaired) electrons. The minimum atomic E-state index is -4.97. The van der Waals surface area contributed by atoms with Crippen molar-refractivity contribution in [3.8, 4) is 5.75 Å². The van der Waals surface area contributed by atoms with Crippen molar-refractivity contribution in [3.63, 3.8) is 0 Å². The summed E-state index contributed by atoms with van der Waals surface area (Å²) in [6.45, 7) is 2.27. The number of carbonyl (C=O) groups excluding carboxylic acids is 5. The zero-order valence-electron chi connectivity index (χ0n) is 24.2. The van der Waals surface area contributed by atoms with Crippen LogP contribution in [-0.4, -0.2) is 59.6 Å². The van der Waals surface area contributed by atoms with Gasteiger partial charge < -0.3 is 26.0 Å². The number of pyridine rings is 1. The zero-order chi connectivity index (χ0) is 34.3. The Labute approximate surface area is 256 Å². The first kappa shape index (κ1) is 35.7. The minimum Gasteiger partial charge on any atom is -0.479 e. The van der Waals surface area contributed by atoms with Gasteiger partial charge in [-0.3, -0.25) is 24.0 Å². The van der Waals surface area contributed by atoms with Crippen LogP contribution < -0.4 is 26.0 Å². The third-order valence-electron chi connectivity index (χ3n) is 6.68. The number of amides is 4. The number of carbonyl (C=O) groups is 5. The van der Waals surface area contributed by atoms with Gasteiger partial charge in [-0.15, -0.1) is 0 Å². The van der Waals surface area contributed by atoms with Crippen molar-refractivity contribution >= 4 is 35.1 Å². The second-order valence-electron chi connectivity index (χ2n) is 10.6. The third kappa shape index (κ3) is 9.13. The molecule has 2 heterocycles. The first-order chi connectivity index (χ1) is 21.5. The van der Waals surface area contributed by atoms with Gasteiger partial charge >= 0.3 is 18.0 Å². The lowest BCUT2D eigenvalue weighted by Crippen LogP contribution is -2.54. The Balaban J connectivity index is 1.78. The molecule has 11 nitrogen and oxygen atoms in total. The molecule has 3 atom stereocenters. The Morgan fingerprint density at radius 3 is 2.24 bits per heavy atom. The molecule has 1 aromatic carbocycles. The van der Waals surface area contributed by atoms with E-state index in [4.69, 9.17) is 4.74 Å². The third-order valence-corrected chi connectivity index (χ3v) is 6.68. The van der Waals surface area contributed by atoms with Crippen molar-refractivity contribution in [1.29, 1.82) is 0 Å². The highest BCUT2D eigenvalue weighted by Gasteiger charge is 2.37. The van der Waals surface area contributed by atoms with Gasteiger partial charge in [-0.2, -0.15) is 22.0 Å². The maximum absolute atomic E-state index is 14.0. The summed E-state index contributed by atoms with van der Waals surface area (Å²) in [6.07, 6.45) is -4.42. The number of anilines is 1. The highest BCUT2D eigenvalue weighted by Crippen LogP contribution is 2.32. The Morgan fingerprint density at radius 1 is 1.02 bits per heavy atom. The largest absolute Gasteiger partial charge is 0.479 e. The SMILES string of the molecule is CC(C)CC(NC(=O)C(=O)Nc1cccnc1C(F)(F)F)C(=O)NC(C[C@@H]1CCNC1=O)C(=O)COc1c(F)c(F)cc(F)c1F. The highest BCUT2D eigenvalue weighted by atomic mass is 19.4. The number of hydrogen-bond donors (Lipinski definition) is 4. The lowest BCUT2D eigenvalue weighted by Gasteiger charge is -2.25. The van der Waals surface area contributed by atoms with Crippen LogP contribution in [0.1, 0.15) is 38.8 Å². The van der Waals surface area contributed by atoms with Crippen molar-refractivity contribution < 1.29 is 59.4 Å². The number of ketones is 1. The molecule has 0 spiro atoms. The van der Waals surface area contributed by atoms with E-state index in [2.05, 4.69) is 20.9 Å². The lowest BCUT2D eigenvalue weighted by molar-refractivity contribution is -0.141. The van der Waals surface area contributed by atoms with Gasteiger partial charge in [0.1, 0.15) is 12.6 Å². The molecule has 0 bridgehead atoms. The van der Waals surface area contributed by atoms with E-state index in [1.807, 2.05) is 0 Å². The normalized spacial score (nSPS) is 16.0. The molecule has 4 amide bonds. The van der Waals surface area contributed by atoms with Crippen molar-refractivity contribution in [3.05, 3.63) is 53.4 Å². The molecule has 0 aliphatic carbocycles. The molecular weight excluding hydrogens is 635 g/mol. The summed E-state index contributed by atoms with van der Waals surface area (Å²) >= 11 is 0. The first-order valence-corrected chi connectivity index (χ1v) is 13.7. The summed E-state index contributed by atoms with van der Waals surface area (Å²) in [5.41, 5.74) is -2.31. The van der Waals surface area contributed by atoms with E-state index < -0.39 is 101 Å². The fourth-order valence-electron chi connectivity index (χ4n) is 4.46. The van der Waals surface area contributed by atoms with E-state index in [0.717, 1.165) is 18.3 Å². The molecule has 3 rings (SSSR count). The number of rotatable bonds is 12. The van der Waals surface area contributed by atoms with Gasteiger partial charge in [0.05, 0.1) is 11.7 Å². The topological polar surface area (TPSA) is 156 Å². The molecular formula is C28H28F7N5O6. The fourth-order valence-corrected chi connectivity index (χ4v) is 4.46. The van der Waals surface area contributed by atoms with E-state index in [-0.39, 0.29) is 37.8 Å². The van der Waals surface area contributed by atoms with Gasteiger partial charge in [-0.25, -0.2) is 13.8 Å². The number of benzene rings is 1. The Kier molecular flexibility index (Phi) is 11.6. The summed E-state index contributed by atoms with van der Waals surface area (Å²) in [4.78, 5) is 66.8. The number of ether oxygens (including phenoxy) is 1. The van der Waals surface area contributed by atoms with E-state index in [9.17, 15) is 54.7 Å². The molecule has 18 heteroatoms. The zero-order valence-corrected chi connectivity index (χ0v) is 24.2. The second kappa shape index (κ2) is 15.0. The van der Waals surface area contributed by atoms with Gasteiger partial charge in [0.25, 0.3) is 0 Å². The van der Waals surface area contributed by atoms with Gasteiger partial charge in [0, 0.05) is 24.7 Å². The van der Waals surface area contributed by atoms with Crippen LogP contribution in [0.25, 0.3) is 0 Å². The number of hydrogen-bond acceptors (Lipinski definition) is 7. The van der Waals surface area contributed by atoms with Crippen LogP contribution >= 0.6 is 0 Å². The van der Waals surface area contributed by atoms with Crippen LogP contribution in [-0.2, 0) is 30.1 Å². The van der Waals surface area contributed by atoms with Crippen LogP contribution in [0, 0.1) is 35.1 Å². The van der Waals surface area contributed by atoms with Crippen LogP contribution in [0.15, 0.2) is 24.4 Å². The van der Waals surface area contributed by atoms with E-state index in [1.165, 1.54) is 0 Å². The van der Waals surface area contributed by atoms with Gasteiger partial charge in [0.2, 0.25) is 23.4 Å². The van der Waals surface area contributed by atoms with E-state index >= 15 is 0 Å². The minimum absolute atomic E-state index is 0.0729. The standard InChI is InChI=1S/C28H28F7N5O6/c1-12(2)8-18(40-27(45)26(44)38-16-4-3-6-36-23(16)28(33,34)35)25(43)39-17(9-13-5-7-37-24(13)42)19(41)11-46-22-20(31)14(29)10-15(30)21(22)32/h3-4,6,10,12-13,17-18H,5,7-9,11H2,1-2H3,(H,37,42)(H,38,44)(H,39,43)(H,40,45)/t13-,17?,18?/m0/s1. The highest BCUT2D eigenvalue weighted by molar-refractivity contribution is 6.40. The molecule has 46 heavy (non-hydrogen) atoms. The number of nitrogens with one attached hydrogen (secondary N) is 4. The Morgan fingerprint density at radius 2 is 1.67 bits per heavy atom. The number of aromatic nitrogens is 1. The Bertz CT molecular complexity index is 1480. The maximum Gasteiger partial charge on any atom is 0.435 e. The molecule has 0 saturated carbocycles. The van der Waals surface area contributed by atoms with Crippen molar-refractivity contribution in [1.82, 2.24) is 20.9 Å². The quantitative estimate of drug-likeness (QED) is 0.155. The molecule has 4 N–H and O–H groups in total. The average molecular weight is 664 g/mol. The predicted octanol–water partition coefficient (Wildman–Crippen LogP) is 2.79. The summed E-state index contributed by atoms with van der Waals surface area (Å²) < 4.78 is 99.7. The molecule has 2 aromatic rings. The molecule has 250 valence electrons. The van der Waals surface area contributed by atoms with Crippen LogP contribution in [0.3, 0.4) is 0 Å². The van der Waals surface area contributed by atoms with Crippen LogP contribution in [0.2, 0.25) is 0 Å². The monoisotopic (exact) mass is 663 g/mol. The maximum atomic E-state index is 14.0. The van der Waals surface area contributed by atoms with Gasteiger partial charge in [-0.1, -0.05) is 13.8 Å². The molecule has 1 aliphatic heterocycles. The smallest absolute Gasteiger partial charge is 0.435 e. The van der Waals surface area contributed by atoms with E-state index in [1.54, 1.807) is 19.2 Å². The van der Waals surface area contributed by atoms with Crippen LogP contribution in [0.4, 0.5) is 36.4 Å².